The van der Waals surface area contributed by atoms with Crippen LogP contribution in [0.3, 0.4) is 0 Å². The number of carbonyl (C=O) groups is 4. The van der Waals surface area contributed by atoms with Gasteiger partial charge in [0.2, 0.25) is 5.78 Å². The molecule has 258 valence electrons. The molecule has 0 spiro atoms. The molecule has 0 atom stereocenters. The van der Waals surface area contributed by atoms with Gasteiger partial charge in [0.15, 0.2) is 19.3 Å². The summed E-state index contributed by atoms with van der Waals surface area (Å²) in [6.45, 7) is 11.1. The zero-order valence-electron chi connectivity index (χ0n) is 27.8. The summed E-state index contributed by atoms with van der Waals surface area (Å²) in [5.41, 5.74) is -0.0808. The minimum atomic E-state index is -1.02. The number of hydrogen-bond donors (Lipinski definition) is 0. The second-order valence-electron chi connectivity index (χ2n) is 12.3. The van der Waals surface area contributed by atoms with Crippen molar-refractivity contribution < 1.29 is 47.6 Å². The fourth-order valence-corrected chi connectivity index (χ4v) is 4.11. The smallest absolute Gasteiger partial charge is 0.460 e. The third-order valence-corrected chi connectivity index (χ3v) is 5.80. The lowest BCUT2D eigenvalue weighted by molar-refractivity contribution is -0.156. The van der Waals surface area contributed by atoms with Crippen LogP contribution >= 0.6 is 0 Å². The highest BCUT2D eigenvalue weighted by atomic mass is 16.7. The van der Waals surface area contributed by atoms with E-state index in [0.717, 1.165) is 0 Å². The summed E-state index contributed by atoms with van der Waals surface area (Å²) in [7, 11) is 0. The van der Waals surface area contributed by atoms with Gasteiger partial charge in [-0.3, -0.25) is 14.0 Å². The van der Waals surface area contributed by atoms with Crippen LogP contribution in [0.4, 0.5) is 9.59 Å². The van der Waals surface area contributed by atoms with Gasteiger partial charge in [-0.15, -0.1) is 0 Å². The third kappa shape index (κ3) is 10.2. The minimum Gasteiger partial charge on any atom is -0.460 e. The second kappa shape index (κ2) is 14.9. The molecule has 0 unspecified atom stereocenters. The average molecular weight is 671 g/mol. The Balaban J connectivity index is 1.42. The molecule has 0 saturated heterocycles. The number of aromatic nitrogens is 8. The number of esters is 2. The van der Waals surface area contributed by atoms with Crippen LogP contribution in [0.25, 0.3) is 28.7 Å². The topological polar surface area (TPSA) is 202 Å². The molecule has 4 heterocycles. The summed E-state index contributed by atoms with van der Waals surface area (Å²) in [6, 6.07) is 1.71. The Labute approximate surface area is 275 Å². The second-order valence-corrected chi connectivity index (χ2v) is 12.3. The van der Waals surface area contributed by atoms with Crippen LogP contribution in [0.5, 0.6) is 0 Å². The average Bonchev–Trinajstić information content (AvgIpc) is 3.69. The van der Waals surface area contributed by atoms with Gasteiger partial charge in [0.1, 0.15) is 47.3 Å². The van der Waals surface area contributed by atoms with E-state index in [1.807, 2.05) is 0 Å². The van der Waals surface area contributed by atoms with Crippen LogP contribution in [-0.2, 0) is 51.5 Å². The number of rotatable bonds is 12. The molecular weight excluding hydrogens is 632 g/mol. The Morgan fingerprint density at radius 3 is 2.00 bits per heavy atom. The molecule has 4 rings (SSSR count). The van der Waals surface area contributed by atoms with Gasteiger partial charge in [0.05, 0.1) is 19.2 Å². The van der Waals surface area contributed by atoms with Crippen LogP contribution in [-0.4, -0.2) is 87.3 Å². The van der Waals surface area contributed by atoms with Crippen molar-refractivity contribution in [2.24, 2.45) is 0 Å². The maximum Gasteiger partial charge on any atom is 0.510 e. The van der Waals surface area contributed by atoms with Crippen LogP contribution in [0, 0.1) is 6.92 Å². The molecule has 0 aliphatic carbocycles. The number of aryl methyl sites for hydroxylation is 1. The van der Waals surface area contributed by atoms with E-state index in [4.69, 9.17) is 28.4 Å². The maximum absolute atomic E-state index is 12.3. The van der Waals surface area contributed by atoms with E-state index >= 15 is 0 Å². The van der Waals surface area contributed by atoms with Gasteiger partial charge in [-0.05, 0) is 54.5 Å². The standard InChI is InChI=1S/C30H38N8O10/c1-19-33-25(38(35-19)18-46-28(42)44-14-10-22(40)48-30(5,6)7)23-24(37-12-8-11-31-26(37)34-23)20-15-36(16-32-20)17-45-27(41)43-13-9-21(39)47-29(2,3)4/h8,11-12,15-16H,9-10,13-14,17-18H2,1-7H3. The molecule has 0 aliphatic rings. The van der Waals surface area contributed by atoms with Gasteiger partial charge in [0.25, 0.3) is 0 Å². The summed E-state index contributed by atoms with van der Waals surface area (Å²) in [6.07, 6.45) is 4.12. The van der Waals surface area contributed by atoms with Crippen LogP contribution < -0.4 is 0 Å². The predicted octanol–water partition coefficient (Wildman–Crippen LogP) is 3.84. The molecule has 0 radical (unpaired) electrons. The molecule has 48 heavy (non-hydrogen) atoms. The molecule has 4 aromatic rings. The number of nitrogens with zero attached hydrogens (tertiary/aromatic N) is 8. The maximum atomic E-state index is 12.3. The quantitative estimate of drug-likeness (QED) is 0.155. The molecule has 18 heteroatoms. The van der Waals surface area contributed by atoms with Crippen molar-refractivity contribution in [1.82, 2.24) is 38.7 Å². The Morgan fingerprint density at radius 1 is 0.792 bits per heavy atom. The Bertz CT molecular complexity index is 1760. The van der Waals surface area contributed by atoms with E-state index in [1.165, 1.54) is 15.6 Å². The van der Waals surface area contributed by atoms with Crippen LogP contribution in [0.15, 0.2) is 31.0 Å². The highest BCUT2D eigenvalue weighted by Gasteiger charge is 2.25. The molecule has 0 aromatic carbocycles. The summed E-state index contributed by atoms with van der Waals surface area (Å²) in [4.78, 5) is 65.9. The van der Waals surface area contributed by atoms with Crippen molar-refractivity contribution in [2.75, 3.05) is 13.2 Å². The SMILES string of the molecule is Cc1nc(-c2nc3ncccn3c2-c2cn(COC(=O)OCCC(=O)OC(C)(C)C)cn2)n(COC(=O)OCCC(=O)OC(C)(C)C)n1. The molecule has 0 fully saturated rings. The van der Waals surface area contributed by atoms with Gasteiger partial charge < -0.3 is 33.0 Å². The van der Waals surface area contributed by atoms with Crippen LogP contribution in [0.1, 0.15) is 60.2 Å². The first-order valence-corrected chi connectivity index (χ1v) is 14.9. The van der Waals surface area contributed by atoms with Gasteiger partial charge in [0, 0.05) is 18.6 Å². The molecule has 4 aromatic heterocycles. The molecule has 0 N–H and O–H groups in total. The van der Waals surface area contributed by atoms with Crippen LogP contribution in [0.2, 0.25) is 0 Å². The fraction of sp³-hybridized carbons (Fsp3) is 0.500. The number of carbonyl (C=O) groups excluding carboxylic acids is 4. The largest absolute Gasteiger partial charge is 0.510 e. The molecular formula is C30H38N8O10. The third-order valence-electron chi connectivity index (χ3n) is 5.80. The first-order chi connectivity index (χ1) is 22.6. The van der Waals surface area contributed by atoms with E-state index in [9.17, 15) is 19.2 Å². The highest BCUT2D eigenvalue weighted by molar-refractivity contribution is 5.76. The normalized spacial score (nSPS) is 11.6. The van der Waals surface area contributed by atoms with Crippen molar-refractivity contribution in [2.45, 2.75) is 86.0 Å². The lowest BCUT2D eigenvalue weighted by Gasteiger charge is -2.19. The zero-order chi connectivity index (χ0) is 35.1. The Morgan fingerprint density at radius 2 is 1.40 bits per heavy atom. The van der Waals surface area contributed by atoms with Gasteiger partial charge in [-0.1, -0.05) is 0 Å². The summed E-state index contributed by atoms with van der Waals surface area (Å²) in [5, 5.41) is 4.32. The molecule has 0 bridgehead atoms. The number of imidazole rings is 2. The van der Waals surface area contributed by atoms with E-state index in [2.05, 4.69) is 25.0 Å². The first-order valence-electron chi connectivity index (χ1n) is 14.9. The van der Waals surface area contributed by atoms with E-state index in [0.29, 0.717) is 28.7 Å². The fourth-order valence-electron chi connectivity index (χ4n) is 4.11. The number of hydrogen-bond acceptors (Lipinski definition) is 15. The lowest BCUT2D eigenvalue weighted by atomic mass is 10.2. The van der Waals surface area contributed by atoms with Crippen molar-refractivity contribution in [3.05, 3.63) is 36.8 Å². The summed E-state index contributed by atoms with van der Waals surface area (Å²) >= 11 is 0. The summed E-state index contributed by atoms with van der Waals surface area (Å²) < 4.78 is 35.2. The molecule has 18 nitrogen and oxygen atoms in total. The van der Waals surface area contributed by atoms with Crippen molar-refractivity contribution >= 4 is 30.0 Å². The van der Waals surface area contributed by atoms with E-state index in [-0.39, 0.29) is 45.3 Å². The van der Waals surface area contributed by atoms with E-state index in [1.54, 1.807) is 77.5 Å². The molecule has 0 aliphatic heterocycles. The number of fused-ring (bicyclic) bond motifs is 1. The van der Waals surface area contributed by atoms with Gasteiger partial charge in [-0.2, -0.15) is 5.10 Å². The molecule has 0 saturated carbocycles. The summed E-state index contributed by atoms with van der Waals surface area (Å²) in [5.74, 6) is -0.0696. The predicted molar refractivity (Wildman–Crippen MR) is 164 cm³/mol. The Hall–Kier alpha value is -5.55. The van der Waals surface area contributed by atoms with Gasteiger partial charge in [-0.25, -0.2) is 34.2 Å². The minimum absolute atomic E-state index is 0.114. The highest BCUT2D eigenvalue weighted by Crippen LogP contribution is 2.30. The van der Waals surface area contributed by atoms with Gasteiger partial charge >= 0.3 is 24.2 Å². The Kier molecular flexibility index (Phi) is 11.0. The van der Waals surface area contributed by atoms with Crippen molar-refractivity contribution in [3.63, 3.8) is 0 Å². The monoisotopic (exact) mass is 670 g/mol. The molecule has 0 amide bonds. The van der Waals surface area contributed by atoms with Crippen molar-refractivity contribution in [1.29, 1.82) is 0 Å². The first kappa shape index (κ1) is 35.3. The van der Waals surface area contributed by atoms with E-state index < -0.39 is 35.5 Å². The zero-order valence-corrected chi connectivity index (χ0v) is 27.8. The number of ether oxygens (including phenoxy) is 6. The lowest BCUT2D eigenvalue weighted by Crippen LogP contribution is -2.25. The van der Waals surface area contributed by atoms with Crippen molar-refractivity contribution in [3.8, 4) is 22.9 Å².